The summed E-state index contributed by atoms with van der Waals surface area (Å²) < 4.78 is 5.63. The molecule has 2 amide bonds. The number of amides is 2. The molecule has 0 saturated carbocycles. The van der Waals surface area contributed by atoms with Gasteiger partial charge in [0, 0.05) is 17.3 Å². The highest BCUT2D eigenvalue weighted by Gasteiger charge is 2.41. The van der Waals surface area contributed by atoms with E-state index in [1.54, 1.807) is 24.4 Å². The second-order valence-electron chi connectivity index (χ2n) is 8.86. The Morgan fingerprint density at radius 1 is 1.03 bits per heavy atom. The van der Waals surface area contributed by atoms with Crippen LogP contribution in [0.2, 0.25) is 0 Å². The molecule has 0 spiro atoms. The van der Waals surface area contributed by atoms with E-state index in [2.05, 4.69) is 17.4 Å². The molecule has 2 aromatic carbocycles. The van der Waals surface area contributed by atoms with Crippen LogP contribution in [0.3, 0.4) is 0 Å². The van der Waals surface area contributed by atoms with E-state index in [-0.39, 0.29) is 19.1 Å². The Morgan fingerprint density at radius 2 is 1.63 bits per heavy atom. The minimum atomic E-state index is -1.44. The van der Waals surface area contributed by atoms with Crippen molar-refractivity contribution in [3.05, 3.63) is 82.0 Å². The molecule has 1 aliphatic rings. The smallest absolute Gasteiger partial charge is 0.408 e. The van der Waals surface area contributed by atoms with Crippen LogP contribution in [-0.4, -0.2) is 46.7 Å². The van der Waals surface area contributed by atoms with E-state index >= 15 is 0 Å². The second kappa shape index (κ2) is 9.92. The Morgan fingerprint density at radius 3 is 2.14 bits per heavy atom. The third kappa shape index (κ3) is 4.66. The van der Waals surface area contributed by atoms with Crippen LogP contribution >= 0.6 is 11.3 Å². The lowest BCUT2D eigenvalue weighted by molar-refractivity contribution is -0.157. The van der Waals surface area contributed by atoms with Gasteiger partial charge in [-0.25, -0.2) is 9.59 Å². The SMILES string of the molecule is CCN(C(=O)C(NC(=O)OCC1c2ccccc2-c2ccccc21)c1cccs1)C(C)(C)C(=O)O. The van der Waals surface area contributed by atoms with E-state index in [1.807, 2.05) is 36.4 Å². The number of rotatable bonds is 8. The van der Waals surface area contributed by atoms with Gasteiger partial charge in [0.25, 0.3) is 5.91 Å². The summed E-state index contributed by atoms with van der Waals surface area (Å²) >= 11 is 1.31. The largest absolute Gasteiger partial charge is 0.480 e. The maximum absolute atomic E-state index is 13.4. The fourth-order valence-electron chi connectivity index (χ4n) is 4.57. The fourth-order valence-corrected chi connectivity index (χ4v) is 5.33. The lowest BCUT2D eigenvalue weighted by Gasteiger charge is -2.36. The van der Waals surface area contributed by atoms with Crippen LogP contribution in [0.1, 0.15) is 48.7 Å². The highest BCUT2D eigenvalue weighted by Crippen LogP contribution is 2.44. The Balaban J connectivity index is 1.52. The van der Waals surface area contributed by atoms with Crippen molar-refractivity contribution in [2.75, 3.05) is 13.2 Å². The summed E-state index contributed by atoms with van der Waals surface area (Å²) in [5.41, 5.74) is 2.99. The predicted octanol–water partition coefficient (Wildman–Crippen LogP) is 5.04. The van der Waals surface area contributed by atoms with Gasteiger partial charge in [0.15, 0.2) is 0 Å². The molecule has 0 saturated heterocycles. The van der Waals surface area contributed by atoms with Crippen LogP contribution in [-0.2, 0) is 14.3 Å². The minimum Gasteiger partial charge on any atom is -0.480 e. The second-order valence-corrected chi connectivity index (χ2v) is 9.84. The summed E-state index contributed by atoms with van der Waals surface area (Å²) in [6.45, 7) is 4.93. The average Bonchev–Trinajstić information content (AvgIpc) is 3.48. The van der Waals surface area contributed by atoms with Crippen LogP contribution < -0.4 is 5.32 Å². The lowest BCUT2D eigenvalue weighted by Crippen LogP contribution is -2.56. The van der Waals surface area contributed by atoms with Gasteiger partial charge in [0.1, 0.15) is 18.2 Å². The number of thiophene rings is 1. The molecule has 1 atom stereocenters. The normalized spacial score (nSPS) is 13.5. The van der Waals surface area contributed by atoms with Crippen molar-refractivity contribution >= 4 is 29.3 Å². The number of carbonyl (C=O) groups is 3. The number of nitrogens with zero attached hydrogens (tertiary/aromatic N) is 1. The minimum absolute atomic E-state index is 0.109. The number of carboxylic acid groups (broad SMARTS) is 1. The summed E-state index contributed by atoms with van der Waals surface area (Å²) in [4.78, 5) is 40.0. The first-order chi connectivity index (χ1) is 16.8. The van der Waals surface area contributed by atoms with Crippen LogP contribution in [0.4, 0.5) is 4.79 Å². The first-order valence-corrected chi connectivity index (χ1v) is 12.3. The van der Waals surface area contributed by atoms with Crippen LogP contribution in [0.5, 0.6) is 0 Å². The number of ether oxygens (including phenoxy) is 1. The monoisotopic (exact) mass is 492 g/mol. The zero-order valence-corrected chi connectivity index (χ0v) is 20.7. The van der Waals surface area contributed by atoms with Crippen LogP contribution in [0.25, 0.3) is 11.1 Å². The first-order valence-electron chi connectivity index (χ1n) is 11.5. The topological polar surface area (TPSA) is 95.9 Å². The van der Waals surface area contributed by atoms with E-state index in [1.165, 1.54) is 30.1 Å². The van der Waals surface area contributed by atoms with E-state index in [4.69, 9.17) is 4.74 Å². The van der Waals surface area contributed by atoms with Crippen LogP contribution in [0.15, 0.2) is 66.0 Å². The van der Waals surface area contributed by atoms with Crippen molar-refractivity contribution < 1.29 is 24.2 Å². The van der Waals surface area contributed by atoms with Crippen molar-refractivity contribution in [1.29, 1.82) is 0 Å². The molecule has 8 heteroatoms. The van der Waals surface area contributed by atoms with Gasteiger partial charge in [-0.15, -0.1) is 11.3 Å². The molecule has 0 fully saturated rings. The molecule has 4 rings (SSSR count). The zero-order chi connectivity index (χ0) is 25.2. The first kappa shape index (κ1) is 24.5. The molecule has 3 aromatic rings. The molecule has 2 N–H and O–H groups in total. The molecule has 1 heterocycles. The number of carboxylic acids is 1. The van der Waals surface area contributed by atoms with Gasteiger partial charge in [0.05, 0.1) is 0 Å². The average molecular weight is 493 g/mol. The van der Waals surface area contributed by atoms with Crippen molar-refractivity contribution in [2.24, 2.45) is 0 Å². The Hall–Kier alpha value is -3.65. The van der Waals surface area contributed by atoms with Gasteiger partial charge in [-0.05, 0) is 54.5 Å². The highest BCUT2D eigenvalue weighted by atomic mass is 32.1. The van der Waals surface area contributed by atoms with E-state index in [0.717, 1.165) is 22.3 Å². The zero-order valence-electron chi connectivity index (χ0n) is 19.9. The van der Waals surface area contributed by atoms with Crippen molar-refractivity contribution in [3.63, 3.8) is 0 Å². The molecular weight excluding hydrogens is 464 g/mol. The summed E-state index contributed by atoms with van der Waals surface area (Å²) in [5.74, 6) is -1.74. The molecule has 1 unspecified atom stereocenters. The van der Waals surface area contributed by atoms with Crippen molar-refractivity contribution in [1.82, 2.24) is 10.2 Å². The maximum atomic E-state index is 13.4. The van der Waals surface area contributed by atoms with Gasteiger partial charge in [-0.1, -0.05) is 54.6 Å². The molecular formula is C27H28N2O5S. The van der Waals surface area contributed by atoms with E-state index < -0.39 is 29.6 Å². The summed E-state index contributed by atoms with van der Waals surface area (Å²) in [6.07, 6.45) is -0.734. The standard InChI is InChI=1S/C27H28N2O5S/c1-4-29(27(2,3)25(31)32)24(30)23(22-14-9-15-35-22)28-26(33)34-16-21-19-12-7-5-10-17(19)18-11-6-8-13-20(18)21/h5-15,21,23H,4,16H2,1-3H3,(H,28,33)(H,31,32). The van der Waals surface area contributed by atoms with Crippen LogP contribution in [0, 0.1) is 0 Å². The maximum Gasteiger partial charge on any atom is 0.408 e. The number of fused-ring (bicyclic) bond motifs is 3. The molecule has 7 nitrogen and oxygen atoms in total. The molecule has 35 heavy (non-hydrogen) atoms. The van der Waals surface area contributed by atoms with E-state index in [9.17, 15) is 19.5 Å². The number of nitrogens with one attached hydrogen (secondary N) is 1. The quantitative estimate of drug-likeness (QED) is 0.459. The number of carbonyl (C=O) groups excluding carboxylic acids is 2. The number of benzene rings is 2. The third-order valence-electron chi connectivity index (χ3n) is 6.46. The van der Waals surface area contributed by atoms with Gasteiger partial charge < -0.3 is 20.1 Å². The summed E-state index contributed by atoms with van der Waals surface area (Å²) in [5, 5.41) is 14.1. The Kier molecular flexibility index (Phi) is 6.93. The van der Waals surface area contributed by atoms with Gasteiger partial charge in [-0.3, -0.25) is 4.79 Å². The number of hydrogen-bond donors (Lipinski definition) is 2. The molecule has 182 valence electrons. The van der Waals surface area contributed by atoms with Crippen molar-refractivity contribution in [3.8, 4) is 11.1 Å². The van der Waals surface area contributed by atoms with E-state index in [0.29, 0.717) is 4.88 Å². The third-order valence-corrected chi connectivity index (χ3v) is 7.40. The Bertz CT molecular complexity index is 1190. The van der Waals surface area contributed by atoms with Gasteiger partial charge in [0.2, 0.25) is 0 Å². The molecule has 1 aliphatic carbocycles. The lowest BCUT2D eigenvalue weighted by atomic mass is 9.98. The summed E-state index contributed by atoms with van der Waals surface area (Å²) in [7, 11) is 0. The molecule has 0 aliphatic heterocycles. The van der Waals surface area contributed by atoms with Gasteiger partial charge in [-0.2, -0.15) is 0 Å². The Labute approximate surface area is 208 Å². The fraction of sp³-hybridized carbons (Fsp3) is 0.296. The predicted molar refractivity (Wildman–Crippen MR) is 134 cm³/mol. The number of alkyl carbamates (subject to hydrolysis) is 1. The number of hydrogen-bond acceptors (Lipinski definition) is 5. The summed E-state index contributed by atoms with van der Waals surface area (Å²) in [6, 6.07) is 18.5. The molecule has 0 bridgehead atoms. The number of likely N-dealkylation sites (N-methyl/N-ethyl adjacent to an activating group) is 1. The van der Waals surface area contributed by atoms with Crippen molar-refractivity contribution in [2.45, 2.75) is 38.3 Å². The molecule has 0 radical (unpaired) electrons. The van der Waals surface area contributed by atoms with Gasteiger partial charge >= 0.3 is 12.1 Å². The molecule has 1 aromatic heterocycles. The highest BCUT2D eigenvalue weighted by molar-refractivity contribution is 7.10. The number of aliphatic carboxylic acids is 1.